The van der Waals surface area contributed by atoms with Crippen LogP contribution in [0.3, 0.4) is 0 Å². The first-order chi connectivity index (χ1) is 14.5. The number of nitrogens with zero attached hydrogens (tertiary/aromatic N) is 3. The summed E-state index contributed by atoms with van der Waals surface area (Å²) in [5.74, 6) is 1.73. The molecule has 6 nitrogen and oxygen atoms in total. The molecule has 0 saturated carbocycles. The Bertz CT molecular complexity index is 1070. The molecule has 6 heteroatoms. The van der Waals surface area contributed by atoms with E-state index in [0.29, 0.717) is 12.5 Å². The van der Waals surface area contributed by atoms with E-state index in [4.69, 9.17) is 14.5 Å². The third-order valence-electron chi connectivity index (χ3n) is 6.12. The first-order valence-electron chi connectivity index (χ1n) is 10.7. The highest BCUT2D eigenvalue weighted by Gasteiger charge is 2.21. The first-order valence-corrected chi connectivity index (χ1v) is 10.7. The van der Waals surface area contributed by atoms with E-state index < -0.39 is 0 Å². The largest absolute Gasteiger partial charge is 0.383 e. The maximum absolute atomic E-state index is 12.1. The van der Waals surface area contributed by atoms with E-state index in [9.17, 15) is 4.79 Å². The van der Waals surface area contributed by atoms with Crippen LogP contribution in [0.1, 0.15) is 37.2 Å². The lowest BCUT2D eigenvalue weighted by Crippen LogP contribution is -2.21. The standard InChI is InChI=1S/C24H31N3O3/c1-16-11-20(14-26(3)24(16)28)19-5-6-21-22(13-19)27(17(2)15-29-4)23(25-21)12-18-7-9-30-10-8-18/h5-6,11,13-14,17-18H,7-10,12,15H2,1-4H3/t17-/m1/s1. The van der Waals surface area contributed by atoms with Crippen LogP contribution in [0, 0.1) is 12.8 Å². The second kappa shape index (κ2) is 8.74. The van der Waals surface area contributed by atoms with Gasteiger partial charge in [0.05, 0.1) is 23.7 Å². The maximum atomic E-state index is 12.1. The smallest absolute Gasteiger partial charge is 0.253 e. The highest BCUT2D eigenvalue weighted by molar-refractivity contribution is 5.83. The van der Waals surface area contributed by atoms with Crippen LogP contribution in [0.2, 0.25) is 0 Å². The molecule has 1 saturated heterocycles. The van der Waals surface area contributed by atoms with E-state index >= 15 is 0 Å². The van der Waals surface area contributed by atoms with Gasteiger partial charge in [0.2, 0.25) is 0 Å². The summed E-state index contributed by atoms with van der Waals surface area (Å²) in [6, 6.07) is 8.53. The molecule has 1 aliphatic rings. The molecule has 1 fully saturated rings. The van der Waals surface area contributed by atoms with Crippen molar-refractivity contribution >= 4 is 11.0 Å². The predicted octanol–water partition coefficient (Wildman–Crippen LogP) is 3.89. The second-order valence-corrected chi connectivity index (χ2v) is 8.49. The number of benzene rings is 1. The second-order valence-electron chi connectivity index (χ2n) is 8.49. The van der Waals surface area contributed by atoms with E-state index in [2.05, 4.69) is 29.7 Å². The van der Waals surface area contributed by atoms with Gasteiger partial charge in [0.1, 0.15) is 5.82 Å². The van der Waals surface area contributed by atoms with E-state index in [0.717, 1.165) is 66.0 Å². The maximum Gasteiger partial charge on any atom is 0.253 e. The van der Waals surface area contributed by atoms with Crippen LogP contribution in [0.25, 0.3) is 22.2 Å². The fraction of sp³-hybridized carbons (Fsp3) is 0.500. The molecule has 0 amide bonds. The Morgan fingerprint density at radius 3 is 2.70 bits per heavy atom. The number of pyridine rings is 1. The summed E-state index contributed by atoms with van der Waals surface area (Å²) in [4.78, 5) is 17.1. The number of imidazole rings is 1. The molecule has 30 heavy (non-hydrogen) atoms. The van der Waals surface area contributed by atoms with E-state index in [1.54, 1.807) is 18.7 Å². The van der Waals surface area contributed by atoms with Crippen molar-refractivity contribution in [3.05, 3.63) is 52.2 Å². The number of methoxy groups -OCH3 is 1. The molecule has 1 aromatic carbocycles. The molecule has 0 bridgehead atoms. The van der Waals surface area contributed by atoms with Crippen LogP contribution in [-0.4, -0.2) is 41.0 Å². The van der Waals surface area contributed by atoms with Gasteiger partial charge in [-0.3, -0.25) is 4.79 Å². The zero-order chi connectivity index (χ0) is 21.3. The van der Waals surface area contributed by atoms with E-state index in [-0.39, 0.29) is 11.6 Å². The summed E-state index contributed by atoms with van der Waals surface area (Å²) < 4.78 is 15.0. The van der Waals surface area contributed by atoms with Gasteiger partial charge in [-0.05, 0) is 61.9 Å². The van der Waals surface area contributed by atoms with Gasteiger partial charge >= 0.3 is 0 Å². The molecule has 1 atom stereocenters. The molecule has 160 valence electrons. The van der Waals surface area contributed by atoms with Gasteiger partial charge < -0.3 is 18.6 Å². The molecule has 1 aliphatic heterocycles. The molecule has 0 radical (unpaired) electrons. The van der Waals surface area contributed by atoms with Crippen LogP contribution in [0.15, 0.2) is 35.3 Å². The fourth-order valence-electron chi connectivity index (χ4n) is 4.52. The molecule has 4 rings (SSSR count). The summed E-state index contributed by atoms with van der Waals surface area (Å²) >= 11 is 0. The van der Waals surface area contributed by atoms with Gasteiger partial charge in [-0.25, -0.2) is 4.98 Å². The van der Waals surface area contributed by atoms with Crippen molar-refractivity contribution in [1.29, 1.82) is 0 Å². The van der Waals surface area contributed by atoms with Gasteiger partial charge in [0.25, 0.3) is 5.56 Å². The number of hydrogen-bond donors (Lipinski definition) is 0. The minimum atomic E-state index is 0.0392. The van der Waals surface area contributed by atoms with Crippen molar-refractivity contribution in [3.63, 3.8) is 0 Å². The van der Waals surface area contributed by atoms with Crippen molar-refractivity contribution in [2.75, 3.05) is 26.9 Å². The van der Waals surface area contributed by atoms with Gasteiger partial charge in [0.15, 0.2) is 0 Å². The van der Waals surface area contributed by atoms with Crippen LogP contribution in [-0.2, 0) is 22.9 Å². The lowest BCUT2D eigenvalue weighted by molar-refractivity contribution is 0.0654. The van der Waals surface area contributed by atoms with Crippen molar-refractivity contribution in [2.45, 2.75) is 39.2 Å². The molecule has 2 aromatic heterocycles. The van der Waals surface area contributed by atoms with Gasteiger partial charge in [-0.15, -0.1) is 0 Å². The normalized spacial score (nSPS) is 16.3. The Hall–Kier alpha value is -2.44. The number of aromatic nitrogens is 3. The van der Waals surface area contributed by atoms with Crippen molar-refractivity contribution in [3.8, 4) is 11.1 Å². The number of rotatable bonds is 6. The molecule has 0 spiro atoms. The van der Waals surface area contributed by atoms with Gasteiger partial charge in [-0.2, -0.15) is 0 Å². The summed E-state index contributed by atoms with van der Waals surface area (Å²) in [6.07, 6.45) is 5.04. The molecular weight excluding hydrogens is 378 g/mol. The topological polar surface area (TPSA) is 58.3 Å². The Kier molecular flexibility index (Phi) is 6.06. The minimum Gasteiger partial charge on any atom is -0.383 e. The number of ether oxygens (including phenoxy) is 2. The Morgan fingerprint density at radius 2 is 2.00 bits per heavy atom. The Morgan fingerprint density at radius 1 is 1.23 bits per heavy atom. The summed E-state index contributed by atoms with van der Waals surface area (Å²) in [7, 11) is 3.54. The molecule has 0 N–H and O–H groups in total. The molecule has 0 unspecified atom stereocenters. The minimum absolute atomic E-state index is 0.0392. The predicted molar refractivity (Wildman–Crippen MR) is 119 cm³/mol. The number of hydrogen-bond acceptors (Lipinski definition) is 4. The highest BCUT2D eigenvalue weighted by atomic mass is 16.5. The van der Waals surface area contributed by atoms with Crippen LogP contribution in [0.4, 0.5) is 0 Å². The average Bonchev–Trinajstić information content (AvgIpc) is 3.09. The molecule has 3 heterocycles. The number of fused-ring (bicyclic) bond motifs is 1. The van der Waals surface area contributed by atoms with Crippen molar-refractivity contribution in [1.82, 2.24) is 14.1 Å². The first kappa shape index (κ1) is 20.8. The Balaban J connectivity index is 1.79. The van der Waals surface area contributed by atoms with E-state index in [1.807, 2.05) is 19.2 Å². The fourth-order valence-corrected chi connectivity index (χ4v) is 4.52. The number of aryl methyl sites for hydroxylation is 2. The zero-order valence-corrected chi connectivity index (χ0v) is 18.4. The SMILES string of the molecule is COC[C@@H](C)n1c(CC2CCOCC2)nc2ccc(-c3cc(C)c(=O)n(C)c3)cc21. The van der Waals surface area contributed by atoms with Crippen molar-refractivity contribution < 1.29 is 9.47 Å². The van der Waals surface area contributed by atoms with Gasteiger partial charge in [-0.1, -0.05) is 6.07 Å². The highest BCUT2D eigenvalue weighted by Crippen LogP contribution is 2.30. The quantitative estimate of drug-likeness (QED) is 0.620. The third kappa shape index (κ3) is 4.07. The summed E-state index contributed by atoms with van der Waals surface area (Å²) in [5.41, 5.74) is 5.03. The molecule has 0 aliphatic carbocycles. The third-order valence-corrected chi connectivity index (χ3v) is 6.12. The van der Waals surface area contributed by atoms with Gasteiger partial charge in [0, 0.05) is 45.6 Å². The van der Waals surface area contributed by atoms with Crippen LogP contribution in [0.5, 0.6) is 0 Å². The lowest BCUT2D eigenvalue weighted by atomic mass is 9.96. The molecule has 3 aromatic rings. The van der Waals surface area contributed by atoms with Crippen LogP contribution < -0.4 is 5.56 Å². The zero-order valence-electron chi connectivity index (χ0n) is 18.4. The van der Waals surface area contributed by atoms with Crippen molar-refractivity contribution in [2.24, 2.45) is 13.0 Å². The average molecular weight is 410 g/mol. The van der Waals surface area contributed by atoms with Crippen LogP contribution >= 0.6 is 0 Å². The Labute approximate surface area is 177 Å². The summed E-state index contributed by atoms with van der Waals surface area (Å²) in [5, 5.41) is 0. The summed E-state index contributed by atoms with van der Waals surface area (Å²) in [6.45, 7) is 6.36. The lowest BCUT2D eigenvalue weighted by Gasteiger charge is -2.23. The molecular formula is C24H31N3O3. The monoisotopic (exact) mass is 409 g/mol. The van der Waals surface area contributed by atoms with E-state index in [1.165, 1.54) is 0 Å².